The maximum atomic E-state index is 13.3. The Labute approximate surface area is 243 Å². The summed E-state index contributed by atoms with van der Waals surface area (Å²) in [4.78, 5) is 28.9. The van der Waals surface area contributed by atoms with E-state index < -0.39 is 15.9 Å². The van der Waals surface area contributed by atoms with E-state index in [1.165, 1.54) is 29.2 Å². The smallest absolute Gasteiger partial charge is 0.278 e. The van der Waals surface area contributed by atoms with Crippen molar-refractivity contribution in [2.75, 3.05) is 30.3 Å². The molecule has 0 aromatic heterocycles. The van der Waals surface area contributed by atoms with Gasteiger partial charge in [-0.15, -0.1) is 0 Å². The number of methoxy groups -OCH3 is 1. The fourth-order valence-electron chi connectivity index (χ4n) is 3.96. The van der Waals surface area contributed by atoms with E-state index in [0.717, 1.165) is 17.3 Å². The second-order valence-electron chi connectivity index (χ2n) is 9.40. The number of benzene rings is 3. The summed E-state index contributed by atoms with van der Waals surface area (Å²) in [5.74, 6) is -0.423. The number of imide groups is 1. The van der Waals surface area contributed by atoms with E-state index in [9.17, 15) is 18.0 Å². The van der Waals surface area contributed by atoms with Crippen LogP contribution in [0.2, 0.25) is 5.02 Å². The molecule has 3 aromatic carbocycles. The van der Waals surface area contributed by atoms with Crippen molar-refractivity contribution in [2.45, 2.75) is 36.0 Å². The van der Waals surface area contributed by atoms with Gasteiger partial charge in [-0.05, 0) is 78.6 Å². The highest BCUT2D eigenvalue weighted by molar-refractivity contribution is 8.04. The predicted octanol–water partition coefficient (Wildman–Crippen LogP) is 6.09. The molecule has 0 fully saturated rings. The molecule has 2 N–H and O–H groups in total. The van der Waals surface area contributed by atoms with Crippen molar-refractivity contribution in [3.63, 3.8) is 0 Å². The number of anilines is 2. The van der Waals surface area contributed by atoms with Crippen molar-refractivity contribution in [3.05, 3.63) is 94.0 Å². The van der Waals surface area contributed by atoms with Crippen LogP contribution in [0.3, 0.4) is 0 Å². The average molecular weight is 600 g/mol. The number of hydrogen-bond donors (Lipinski definition) is 2. The van der Waals surface area contributed by atoms with Gasteiger partial charge in [-0.25, -0.2) is 8.42 Å². The Hall–Kier alpha value is -3.31. The molecular formula is C29H30ClN3O5S2. The molecule has 1 aliphatic rings. The quantitative estimate of drug-likeness (QED) is 0.192. The van der Waals surface area contributed by atoms with Gasteiger partial charge in [0.1, 0.15) is 10.6 Å². The highest BCUT2D eigenvalue weighted by Gasteiger charge is 2.38. The van der Waals surface area contributed by atoms with Gasteiger partial charge in [0.25, 0.3) is 21.8 Å². The lowest BCUT2D eigenvalue weighted by atomic mass is 10.0. The first-order chi connectivity index (χ1) is 19.1. The average Bonchev–Trinajstić information content (AvgIpc) is 3.14. The summed E-state index contributed by atoms with van der Waals surface area (Å²) >= 11 is 7.01. The van der Waals surface area contributed by atoms with Crippen molar-refractivity contribution in [2.24, 2.45) is 0 Å². The molecule has 40 heavy (non-hydrogen) atoms. The van der Waals surface area contributed by atoms with Crippen molar-refractivity contribution < 1.29 is 22.7 Å². The molecule has 210 valence electrons. The van der Waals surface area contributed by atoms with Crippen molar-refractivity contribution in [1.82, 2.24) is 4.90 Å². The molecule has 0 aliphatic carbocycles. The lowest BCUT2D eigenvalue weighted by Crippen LogP contribution is -2.33. The monoisotopic (exact) mass is 599 g/mol. The molecule has 0 atom stereocenters. The molecule has 1 heterocycles. The van der Waals surface area contributed by atoms with Gasteiger partial charge in [0, 0.05) is 41.6 Å². The molecule has 0 bridgehead atoms. The maximum Gasteiger partial charge on any atom is 0.278 e. The normalized spacial score (nSPS) is 13.9. The Morgan fingerprint density at radius 2 is 1.52 bits per heavy atom. The number of carbonyl (C=O) groups is 2. The van der Waals surface area contributed by atoms with E-state index >= 15 is 0 Å². The van der Waals surface area contributed by atoms with Crippen molar-refractivity contribution >= 4 is 56.6 Å². The van der Waals surface area contributed by atoms with E-state index in [1.807, 2.05) is 24.3 Å². The molecule has 3 aromatic rings. The minimum Gasteiger partial charge on any atom is -0.385 e. The summed E-state index contributed by atoms with van der Waals surface area (Å²) in [6.45, 7) is 4.86. The number of hydrogen-bond acceptors (Lipinski definition) is 7. The van der Waals surface area contributed by atoms with Crippen LogP contribution in [0.1, 0.15) is 31.7 Å². The number of nitrogens with one attached hydrogen (secondary N) is 2. The van der Waals surface area contributed by atoms with Crippen LogP contribution in [0, 0.1) is 0 Å². The highest BCUT2D eigenvalue weighted by atomic mass is 35.5. The van der Waals surface area contributed by atoms with Crippen LogP contribution in [-0.4, -0.2) is 45.4 Å². The first-order valence-corrected chi connectivity index (χ1v) is 15.3. The molecule has 1 aliphatic heterocycles. The van der Waals surface area contributed by atoms with Gasteiger partial charge in [0.2, 0.25) is 0 Å². The molecule has 0 saturated heterocycles. The van der Waals surface area contributed by atoms with Gasteiger partial charge in [-0.3, -0.25) is 19.2 Å². The number of nitrogens with zero attached hydrogens (tertiary/aromatic N) is 1. The van der Waals surface area contributed by atoms with Gasteiger partial charge in [0.15, 0.2) is 0 Å². The third kappa shape index (κ3) is 7.06. The number of rotatable bonds is 12. The SMILES string of the molecule is COCCCN1C(=O)C(Nc2ccc(C(C)C)cc2)=C(Sc2ccc(NS(=O)(=O)c3ccc(Cl)cc3)cc2)C1=O. The summed E-state index contributed by atoms with van der Waals surface area (Å²) in [7, 11) is -2.23. The van der Waals surface area contributed by atoms with E-state index in [-0.39, 0.29) is 27.9 Å². The zero-order chi connectivity index (χ0) is 28.9. The molecule has 0 spiro atoms. The highest BCUT2D eigenvalue weighted by Crippen LogP contribution is 2.36. The summed E-state index contributed by atoms with van der Waals surface area (Å²) in [6.07, 6.45) is 0.519. The van der Waals surface area contributed by atoms with Gasteiger partial charge in [0.05, 0.1) is 4.90 Å². The summed E-state index contributed by atoms with van der Waals surface area (Å²) in [6, 6.07) is 20.2. The fraction of sp³-hybridized carbons (Fsp3) is 0.241. The van der Waals surface area contributed by atoms with Crippen LogP contribution in [-0.2, 0) is 24.3 Å². The number of amides is 2. The zero-order valence-electron chi connectivity index (χ0n) is 22.3. The van der Waals surface area contributed by atoms with E-state index in [0.29, 0.717) is 40.2 Å². The van der Waals surface area contributed by atoms with Gasteiger partial charge in [-0.2, -0.15) is 0 Å². The molecule has 0 radical (unpaired) electrons. The van der Waals surface area contributed by atoms with Crippen molar-refractivity contribution in [1.29, 1.82) is 0 Å². The topological polar surface area (TPSA) is 105 Å². The Morgan fingerprint density at radius 3 is 2.12 bits per heavy atom. The van der Waals surface area contributed by atoms with Crippen LogP contribution in [0.5, 0.6) is 0 Å². The van der Waals surface area contributed by atoms with Crippen LogP contribution in [0.25, 0.3) is 0 Å². The Bertz CT molecular complexity index is 1500. The fourth-order valence-corrected chi connectivity index (χ4v) is 6.09. The third-order valence-electron chi connectivity index (χ3n) is 6.15. The Kier molecular flexibility index (Phi) is 9.57. The molecule has 4 rings (SSSR count). The lowest BCUT2D eigenvalue weighted by molar-refractivity contribution is -0.137. The third-order valence-corrected chi connectivity index (χ3v) is 8.89. The molecule has 0 unspecified atom stereocenters. The largest absolute Gasteiger partial charge is 0.385 e. The lowest BCUT2D eigenvalue weighted by Gasteiger charge is -2.15. The molecular weight excluding hydrogens is 570 g/mol. The second kappa shape index (κ2) is 12.9. The van der Waals surface area contributed by atoms with E-state index in [4.69, 9.17) is 16.3 Å². The number of sulfonamides is 1. The number of carbonyl (C=O) groups excluding carboxylic acids is 2. The molecule has 2 amide bonds. The number of ether oxygens (including phenoxy) is 1. The van der Waals surface area contributed by atoms with Crippen LogP contribution >= 0.6 is 23.4 Å². The first-order valence-electron chi connectivity index (χ1n) is 12.6. The molecule has 11 heteroatoms. The number of thioether (sulfide) groups is 1. The van der Waals surface area contributed by atoms with Crippen LogP contribution in [0.15, 0.2) is 93.2 Å². The Morgan fingerprint density at radius 1 is 0.900 bits per heavy atom. The zero-order valence-corrected chi connectivity index (χ0v) is 24.7. The standard InChI is InChI=1S/C29H30ClN3O5S2/c1-19(2)20-5-9-22(10-6-20)31-26-27(29(35)33(28(26)34)17-4-18-38-3)39-24-13-11-23(12-14-24)32-40(36,37)25-15-7-21(30)8-16-25/h5-16,19,31-32H,4,17-18H2,1-3H3. The number of halogens is 1. The minimum absolute atomic E-state index is 0.0845. The maximum absolute atomic E-state index is 13.3. The van der Waals surface area contributed by atoms with Crippen LogP contribution in [0.4, 0.5) is 11.4 Å². The summed E-state index contributed by atoms with van der Waals surface area (Å²) in [5.41, 5.74) is 2.42. The van der Waals surface area contributed by atoms with Gasteiger partial charge in [-0.1, -0.05) is 49.3 Å². The second-order valence-corrected chi connectivity index (χ2v) is 12.6. The molecule has 8 nitrogen and oxygen atoms in total. The summed E-state index contributed by atoms with van der Waals surface area (Å²) < 4.78 is 33.0. The van der Waals surface area contributed by atoms with Gasteiger partial charge >= 0.3 is 0 Å². The van der Waals surface area contributed by atoms with E-state index in [1.54, 1.807) is 31.4 Å². The predicted molar refractivity (Wildman–Crippen MR) is 159 cm³/mol. The van der Waals surface area contributed by atoms with E-state index in [2.05, 4.69) is 23.9 Å². The summed E-state index contributed by atoms with van der Waals surface area (Å²) in [5, 5.41) is 3.60. The molecule has 0 saturated carbocycles. The minimum atomic E-state index is -3.80. The van der Waals surface area contributed by atoms with Gasteiger partial charge < -0.3 is 10.1 Å². The van der Waals surface area contributed by atoms with Crippen molar-refractivity contribution in [3.8, 4) is 0 Å². The first kappa shape index (κ1) is 29.7. The Balaban J connectivity index is 1.55. The van der Waals surface area contributed by atoms with Crippen LogP contribution < -0.4 is 10.0 Å².